The average Bonchev–Trinajstić information content (AvgIpc) is 3.07. The monoisotopic (exact) mass is 285 g/mol. The zero-order valence-electron chi connectivity index (χ0n) is 12.5. The summed E-state index contributed by atoms with van der Waals surface area (Å²) in [6, 6.07) is 9.46. The standard InChI is InChI=1S/C17H19NO3/c1-11-12(2)21-16-14(11)7-4-8-15(16)17(19)18(3)10-13-6-5-9-20-13/h4-9,11-12H,10H2,1-3H3/t11-,12+/m0/s1. The lowest BCUT2D eigenvalue weighted by Crippen LogP contribution is -2.26. The van der Waals surface area contributed by atoms with E-state index < -0.39 is 0 Å². The van der Waals surface area contributed by atoms with E-state index in [0.29, 0.717) is 18.0 Å². The number of nitrogens with zero attached hydrogens (tertiary/aromatic N) is 1. The van der Waals surface area contributed by atoms with Crippen molar-refractivity contribution in [2.45, 2.75) is 32.4 Å². The van der Waals surface area contributed by atoms with Crippen molar-refractivity contribution in [1.82, 2.24) is 4.90 Å². The molecule has 2 heterocycles. The van der Waals surface area contributed by atoms with Crippen LogP contribution in [-0.2, 0) is 6.54 Å². The SMILES string of the molecule is C[C@@H]1c2cccc(C(=O)N(C)Cc3ccco3)c2O[C@@H]1C. The fraction of sp³-hybridized carbons (Fsp3) is 0.353. The Morgan fingerprint density at radius 3 is 2.76 bits per heavy atom. The number of benzene rings is 1. The maximum Gasteiger partial charge on any atom is 0.257 e. The Hall–Kier alpha value is -2.23. The first-order valence-corrected chi connectivity index (χ1v) is 7.15. The minimum absolute atomic E-state index is 0.0513. The lowest BCUT2D eigenvalue weighted by molar-refractivity contribution is 0.0770. The van der Waals surface area contributed by atoms with E-state index in [-0.39, 0.29) is 12.0 Å². The molecule has 110 valence electrons. The second-order valence-electron chi connectivity index (χ2n) is 5.58. The fourth-order valence-electron chi connectivity index (χ4n) is 2.67. The van der Waals surface area contributed by atoms with E-state index in [4.69, 9.17) is 9.15 Å². The molecule has 0 saturated carbocycles. The number of carbonyl (C=O) groups excluding carboxylic acids is 1. The summed E-state index contributed by atoms with van der Waals surface area (Å²) in [7, 11) is 1.77. The molecule has 0 spiro atoms. The third-order valence-electron chi connectivity index (χ3n) is 4.09. The van der Waals surface area contributed by atoms with Crippen LogP contribution in [0.1, 0.15) is 41.4 Å². The topological polar surface area (TPSA) is 42.7 Å². The van der Waals surface area contributed by atoms with Crippen LogP contribution in [0.3, 0.4) is 0 Å². The molecule has 2 atom stereocenters. The van der Waals surface area contributed by atoms with Gasteiger partial charge in [0.05, 0.1) is 18.4 Å². The number of furan rings is 1. The number of fused-ring (bicyclic) bond motifs is 1. The number of carbonyl (C=O) groups is 1. The van der Waals surface area contributed by atoms with Crippen molar-refractivity contribution in [2.24, 2.45) is 0 Å². The van der Waals surface area contributed by atoms with Gasteiger partial charge in [0.15, 0.2) is 0 Å². The van der Waals surface area contributed by atoms with Crippen molar-refractivity contribution in [3.8, 4) is 5.75 Å². The molecule has 0 bridgehead atoms. The summed E-state index contributed by atoms with van der Waals surface area (Å²) in [5, 5.41) is 0. The maximum atomic E-state index is 12.6. The second kappa shape index (κ2) is 5.28. The van der Waals surface area contributed by atoms with Gasteiger partial charge in [-0.25, -0.2) is 0 Å². The molecule has 1 aromatic heterocycles. The van der Waals surface area contributed by atoms with E-state index in [1.165, 1.54) is 0 Å². The quantitative estimate of drug-likeness (QED) is 0.867. The summed E-state index contributed by atoms with van der Waals surface area (Å²) in [5.41, 5.74) is 1.73. The Morgan fingerprint density at radius 2 is 2.05 bits per heavy atom. The van der Waals surface area contributed by atoms with E-state index >= 15 is 0 Å². The molecule has 21 heavy (non-hydrogen) atoms. The van der Waals surface area contributed by atoms with Gasteiger partial charge in [-0.05, 0) is 25.1 Å². The molecule has 0 unspecified atom stereocenters. The molecule has 0 fully saturated rings. The number of hydrogen-bond acceptors (Lipinski definition) is 3. The van der Waals surface area contributed by atoms with Crippen LogP contribution in [-0.4, -0.2) is 24.0 Å². The third-order valence-corrected chi connectivity index (χ3v) is 4.09. The van der Waals surface area contributed by atoms with Gasteiger partial charge in [-0.3, -0.25) is 4.79 Å². The summed E-state index contributed by atoms with van der Waals surface area (Å²) < 4.78 is 11.2. The first-order valence-electron chi connectivity index (χ1n) is 7.15. The summed E-state index contributed by atoms with van der Waals surface area (Å²) in [6.07, 6.45) is 1.71. The van der Waals surface area contributed by atoms with E-state index in [1.54, 1.807) is 18.2 Å². The highest BCUT2D eigenvalue weighted by Gasteiger charge is 2.31. The van der Waals surface area contributed by atoms with Crippen LogP contribution >= 0.6 is 0 Å². The van der Waals surface area contributed by atoms with E-state index in [0.717, 1.165) is 17.1 Å². The molecular formula is C17H19NO3. The van der Waals surface area contributed by atoms with Crippen molar-refractivity contribution in [3.63, 3.8) is 0 Å². The van der Waals surface area contributed by atoms with Crippen molar-refractivity contribution in [2.75, 3.05) is 7.05 Å². The third kappa shape index (κ3) is 2.42. The lowest BCUT2D eigenvalue weighted by atomic mass is 9.96. The van der Waals surface area contributed by atoms with Gasteiger partial charge in [0, 0.05) is 18.5 Å². The first-order chi connectivity index (χ1) is 10.1. The van der Waals surface area contributed by atoms with Gasteiger partial charge < -0.3 is 14.1 Å². The number of amides is 1. The molecule has 0 radical (unpaired) electrons. The van der Waals surface area contributed by atoms with Crippen molar-refractivity contribution in [3.05, 3.63) is 53.5 Å². The maximum absolute atomic E-state index is 12.6. The van der Waals surface area contributed by atoms with Gasteiger partial charge in [0.1, 0.15) is 17.6 Å². The molecule has 1 aliphatic rings. The molecule has 4 heteroatoms. The van der Waals surface area contributed by atoms with Gasteiger partial charge in [-0.1, -0.05) is 19.1 Å². The fourth-order valence-corrected chi connectivity index (χ4v) is 2.67. The largest absolute Gasteiger partial charge is 0.489 e. The van der Waals surface area contributed by atoms with Crippen LogP contribution in [0.15, 0.2) is 41.0 Å². The van der Waals surface area contributed by atoms with Crippen molar-refractivity contribution >= 4 is 5.91 Å². The number of ether oxygens (including phenoxy) is 1. The zero-order chi connectivity index (χ0) is 15.0. The predicted molar refractivity (Wildman–Crippen MR) is 79.5 cm³/mol. The van der Waals surface area contributed by atoms with Crippen molar-refractivity contribution in [1.29, 1.82) is 0 Å². The molecule has 2 aromatic rings. The molecule has 1 aliphatic heterocycles. The molecule has 1 amide bonds. The van der Waals surface area contributed by atoms with Crippen LogP contribution in [0.25, 0.3) is 0 Å². The number of para-hydroxylation sites is 1. The second-order valence-corrected chi connectivity index (χ2v) is 5.58. The van der Waals surface area contributed by atoms with Gasteiger partial charge in [-0.2, -0.15) is 0 Å². The molecular weight excluding hydrogens is 266 g/mol. The zero-order valence-corrected chi connectivity index (χ0v) is 12.5. The first kappa shape index (κ1) is 13.7. The Bertz CT molecular complexity index is 648. The summed E-state index contributed by atoms with van der Waals surface area (Å²) >= 11 is 0. The average molecular weight is 285 g/mol. The highest BCUT2D eigenvalue weighted by Crippen LogP contribution is 2.40. The van der Waals surface area contributed by atoms with E-state index in [9.17, 15) is 4.79 Å². The number of rotatable bonds is 3. The van der Waals surface area contributed by atoms with Gasteiger partial charge >= 0.3 is 0 Å². The Labute approximate surface area is 124 Å². The minimum atomic E-state index is -0.0513. The molecule has 4 nitrogen and oxygen atoms in total. The molecule has 1 aromatic carbocycles. The van der Waals surface area contributed by atoms with Crippen LogP contribution in [0.4, 0.5) is 0 Å². The van der Waals surface area contributed by atoms with Crippen LogP contribution in [0.5, 0.6) is 5.75 Å². The predicted octanol–water partition coefficient (Wildman–Crippen LogP) is 3.44. The molecule has 0 N–H and O–H groups in total. The number of hydrogen-bond donors (Lipinski definition) is 0. The molecule has 0 saturated heterocycles. The summed E-state index contributed by atoms with van der Waals surface area (Å²) in [5.74, 6) is 1.75. The lowest BCUT2D eigenvalue weighted by Gasteiger charge is -2.17. The minimum Gasteiger partial charge on any atom is -0.489 e. The summed E-state index contributed by atoms with van der Waals surface area (Å²) in [4.78, 5) is 14.3. The van der Waals surface area contributed by atoms with Gasteiger partial charge in [-0.15, -0.1) is 0 Å². The van der Waals surface area contributed by atoms with Crippen LogP contribution in [0, 0.1) is 0 Å². The van der Waals surface area contributed by atoms with E-state index in [1.807, 2.05) is 37.3 Å². The normalized spacial score (nSPS) is 20.0. The smallest absolute Gasteiger partial charge is 0.257 e. The highest BCUT2D eigenvalue weighted by atomic mass is 16.5. The molecule has 3 rings (SSSR count). The Kier molecular flexibility index (Phi) is 3.45. The van der Waals surface area contributed by atoms with Gasteiger partial charge in [0.25, 0.3) is 5.91 Å². The summed E-state index contributed by atoms with van der Waals surface area (Å²) in [6.45, 7) is 4.60. The van der Waals surface area contributed by atoms with Crippen LogP contribution < -0.4 is 4.74 Å². The highest BCUT2D eigenvalue weighted by molar-refractivity contribution is 5.97. The van der Waals surface area contributed by atoms with Crippen LogP contribution in [0.2, 0.25) is 0 Å². The Balaban J connectivity index is 1.86. The van der Waals surface area contributed by atoms with Gasteiger partial charge in [0.2, 0.25) is 0 Å². The molecule has 0 aliphatic carbocycles. The van der Waals surface area contributed by atoms with Crippen molar-refractivity contribution < 1.29 is 13.9 Å². The van der Waals surface area contributed by atoms with E-state index in [2.05, 4.69) is 6.92 Å². The Morgan fingerprint density at radius 1 is 1.24 bits per heavy atom.